The SMILES string of the molecule is CCCc1cc(=O)[nH]c(-n2nc(C)cc2NC(=O)C(=O)NC(C)c2ccccc2)n1. The second kappa shape index (κ2) is 9.17. The molecule has 1 aromatic carbocycles. The number of amides is 2. The summed E-state index contributed by atoms with van der Waals surface area (Å²) in [4.78, 5) is 43.8. The molecule has 3 N–H and O–H groups in total. The number of anilines is 1. The molecule has 0 spiro atoms. The predicted molar refractivity (Wildman–Crippen MR) is 112 cm³/mol. The summed E-state index contributed by atoms with van der Waals surface area (Å²) in [6, 6.07) is 12.0. The van der Waals surface area contributed by atoms with Crippen molar-refractivity contribution in [2.45, 2.75) is 39.7 Å². The number of nitrogens with one attached hydrogen (secondary N) is 3. The first-order chi connectivity index (χ1) is 14.4. The molecule has 156 valence electrons. The molecule has 2 amide bonds. The van der Waals surface area contributed by atoms with E-state index in [2.05, 4.69) is 25.7 Å². The van der Waals surface area contributed by atoms with Crippen LogP contribution in [0.4, 0.5) is 5.82 Å². The third-order valence-corrected chi connectivity index (χ3v) is 4.42. The standard InChI is InChI=1S/C21H24N6O3/c1-4-8-16-12-18(28)25-21(23-16)27-17(11-13(2)26-27)24-20(30)19(29)22-14(3)15-9-6-5-7-10-15/h5-7,9-12,14H,4,8H2,1-3H3,(H,22,29)(H,24,30)(H,23,25,28). The summed E-state index contributed by atoms with van der Waals surface area (Å²) < 4.78 is 1.31. The van der Waals surface area contributed by atoms with Crippen LogP contribution in [0.15, 0.2) is 47.3 Å². The minimum absolute atomic E-state index is 0.174. The first kappa shape index (κ1) is 21.0. The van der Waals surface area contributed by atoms with Crippen LogP contribution in [0, 0.1) is 6.92 Å². The Bertz CT molecular complexity index is 1100. The summed E-state index contributed by atoms with van der Waals surface area (Å²) in [5.41, 5.74) is 1.78. The van der Waals surface area contributed by atoms with Gasteiger partial charge in [-0.1, -0.05) is 43.7 Å². The number of rotatable bonds is 6. The molecule has 9 nitrogen and oxygen atoms in total. The fourth-order valence-corrected chi connectivity index (χ4v) is 2.99. The Morgan fingerprint density at radius 1 is 1.17 bits per heavy atom. The molecule has 0 aliphatic carbocycles. The molecule has 0 bridgehead atoms. The lowest BCUT2D eigenvalue weighted by Crippen LogP contribution is -2.37. The van der Waals surface area contributed by atoms with E-state index in [4.69, 9.17) is 0 Å². The van der Waals surface area contributed by atoms with Gasteiger partial charge < -0.3 is 10.6 Å². The van der Waals surface area contributed by atoms with Gasteiger partial charge in [0.05, 0.1) is 11.7 Å². The molecule has 1 unspecified atom stereocenters. The van der Waals surface area contributed by atoms with Crippen LogP contribution >= 0.6 is 0 Å². The molecule has 0 aliphatic heterocycles. The Kier molecular flexibility index (Phi) is 6.41. The van der Waals surface area contributed by atoms with Gasteiger partial charge in [-0.3, -0.25) is 19.4 Å². The highest BCUT2D eigenvalue weighted by molar-refractivity contribution is 6.39. The normalized spacial score (nSPS) is 11.7. The number of hydrogen-bond acceptors (Lipinski definition) is 5. The van der Waals surface area contributed by atoms with Crippen LogP contribution in [-0.2, 0) is 16.0 Å². The molecule has 3 aromatic rings. The maximum atomic E-state index is 12.5. The van der Waals surface area contributed by atoms with Crippen LogP contribution in [0.3, 0.4) is 0 Å². The fraction of sp³-hybridized carbons (Fsp3) is 0.286. The van der Waals surface area contributed by atoms with Crippen molar-refractivity contribution in [2.75, 3.05) is 5.32 Å². The molecule has 0 radical (unpaired) electrons. The van der Waals surface area contributed by atoms with Gasteiger partial charge in [0.15, 0.2) is 0 Å². The van der Waals surface area contributed by atoms with Crippen LogP contribution in [0.1, 0.15) is 43.3 Å². The van der Waals surface area contributed by atoms with Gasteiger partial charge in [0, 0.05) is 17.8 Å². The van der Waals surface area contributed by atoms with E-state index in [0.29, 0.717) is 17.8 Å². The number of hydrogen-bond donors (Lipinski definition) is 3. The van der Waals surface area contributed by atoms with E-state index < -0.39 is 11.8 Å². The summed E-state index contributed by atoms with van der Waals surface area (Å²) in [5.74, 6) is -1.21. The van der Waals surface area contributed by atoms with Crippen molar-refractivity contribution in [1.82, 2.24) is 25.1 Å². The highest BCUT2D eigenvalue weighted by Gasteiger charge is 2.20. The minimum Gasteiger partial charge on any atom is -0.341 e. The molecular formula is C21H24N6O3. The Balaban J connectivity index is 1.78. The first-order valence-electron chi connectivity index (χ1n) is 9.71. The van der Waals surface area contributed by atoms with E-state index in [1.165, 1.54) is 10.7 Å². The molecule has 0 aliphatic rings. The highest BCUT2D eigenvalue weighted by atomic mass is 16.2. The number of benzene rings is 1. The molecule has 0 saturated heterocycles. The van der Waals surface area contributed by atoms with Gasteiger partial charge >= 0.3 is 11.8 Å². The van der Waals surface area contributed by atoms with Gasteiger partial charge in [-0.15, -0.1) is 0 Å². The molecule has 3 rings (SSSR count). The molecular weight excluding hydrogens is 384 g/mol. The van der Waals surface area contributed by atoms with Gasteiger partial charge in [-0.25, -0.2) is 4.98 Å². The number of aromatic nitrogens is 4. The molecule has 9 heteroatoms. The maximum Gasteiger partial charge on any atom is 0.314 e. The number of aromatic amines is 1. The Morgan fingerprint density at radius 2 is 1.90 bits per heavy atom. The number of carbonyl (C=O) groups is 2. The van der Waals surface area contributed by atoms with Crippen molar-refractivity contribution in [3.63, 3.8) is 0 Å². The molecule has 2 aromatic heterocycles. The average Bonchev–Trinajstić information content (AvgIpc) is 3.08. The van der Waals surface area contributed by atoms with Crippen molar-refractivity contribution in [3.8, 4) is 5.95 Å². The average molecular weight is 408 g/mol. The van der Waals surface area contributed by atoms with Gasteiger partial charge in [-0.2, -0.15) is 9.78 Å². The highest BCUT2D eigenvalue weighted by Crippen LogP contribution is 2.15. The number of H-pyrrole nitrogens is 1. The van der Waals surface area contributed by atoms with E-state index in [-0.39, 0.29) is 23.4 Å². The minimum atomic E-state index is -0.842. The second-order valence-electron chi connectivity index (χ2n) is 6.95. The molecule has 1 atom stereocenters. The van der Waals surface area contributed by atoms with Crippen molar-refractivity contribution in [1.29, 1.82) is 0 Å². The van der Waals surface area contributed by atoms with Crippen molar-refractivity contribution >= 4 is 17.6 Å². The summed E-state index contributed by atoms with van der Waals surface area (Å²) in [7, 11) is 0. The fourth-order valence-electron chi connectivity index (χ4n) is 2.99. The summed E-state index contributed by atoms with van der Waals surface area (Å²) in [6.45, 7) is 5.52. The zero-order valence-electron chi connectivity index (χ0n) is 17.1. The van der Waals surface area contributed by atoms with Crippen LogP contribution < -0.4 is 16.2 Å². The molecule has 2 heterocycles. The first-order valence-corrected chi connectivity index (χ1v) is 9.71. The van der Waals surface area contributed by atoms with Gasteiger partial charge in [0.2, 0.25) is 5.95 Å². The van der Waals surface area contributed by atoms with Gasteiger partial charge in [-0.05, 0) is 25.8 Å². The lowest BCUT2D eigenvalue weighted by Gasteiger charge is -2.14. The van der Waals surface area contributed by atoms with E-state index in [0.717, 1.165) is 12.0 Å². The van der Waals surface area contributed by atoms with Crippen LogP contribution in [-0.4, -0.2) is 31.6 Å². The predicted octanol–water partition coefficient (Wildman–Crippen LogP) is 2.03. The summed E-state index contributed by atoms with van der Waals surface area (Å²) in [5, 5.41) is 9.49. The van der Waals surface area contributed by atoms with Crippen LogP contribution in [0.5, 0.6) is 0 Å². The zero-order chi connectivity index (χ0) is 21.7. The quantitative estimate of drug-likeness (QED) is 0.539. The summed E-state index contributed by atoms with van der Waals surface area (Å²) >= 11 is 0. The largest absolute Gasteiger partial charge is 0.341 e. The van der Waals surface area contributed by atoms with Gasteiger partial charge in [0.25, 0.3) is 5.56 Å². The number of nitrogens with zero attached hydrogens (tertiary/aromatic N) is 3. The Morgan fingerprint density at radius 3 is 2.60 bits per heavy atom. The zero-order valence-corrected chi connectivity index (χ0v) is 17.1. The van der Waals surface area contributed by atoms with E-state index in [1.807, 2.05) is 37.3 Å². The smallest absolute Gasteiger partial charge is 0.314 e. The van der Waals surface area contributed by atoms with E-state index in [9.17, 15) is 14.4 Å². The topological polar surface area (TPSA) is 122 Å². The number of aryl methyl sites for hydroxylation is 2. The Hall–Kier alpha value is -3.75. The maximum absolute atomic E-state index is 12.5. The monoisotopic (exact) mass is 408 g/mol. The summed E-state index contributed by atoms with van der Waals surface area (Å²) in [6.07, 6.45) is 1.47. The molecule has 30 heavy (non-hydrogen) atoms. The van der Waals surface area contributed by atoms with E-state index in [1.54, 1.807) is 19.9 Å². The van der Waals surface area contributed by atoms with Crippen LogP contribution in [0.2, 0.25) is 0 Å². The van der Waals surface area contributed by atoms with E-state index >= 15 is 0 Å². The van der Waals surface area contributed by atoms with Crippen LogP contribution in [0.25, 0.3) is 5.95 Å². The van der Waals surface area contributed by atoms with Crippen molar-refractivity contribution in [2.24, 2.45) is 0 Å². The van der Waals surface area contributed by atoms with Crippen molar-refractivity contribution in [3.05, 3.63) is 69.8 Å². The lowest BCUT2D eigenvalue weighted by molar-refractivity contribution is -0.136. The molecule has 0 fully saturated rings. The van der Waals surface area contributed by atoms with Gasteiger partial charge in [0.1, 0.15) is 5.82 Å². The van der Waals surface area contributed by atoms with Crippen molar-refractivity contribution < 1.29 is 9.59 Å². The molecule has 0 saturated carbocycles. The second-order valence-corrected chi connectivity index (χ2v) is 6.95. The Labute approximate surface area is 173 Å². The third kappa shape index (κ3) is 4.99. The number of carbonyl (C=O) groups excluding carboxylic acids is 2. The third-order valence-electron chi connectivity index (χ3n) is 4.42. The lowest BCUT2D eigenvalue weighted by atomic mass is 10.1.